The third-order valence-corrected chi connectivity index (χ3v) is 6.04. The summed E-state index contributed by atoms with van der Waals surface area (Å²) in [6.07, 6.45) is 2.15. The van der Waals surface area contributed by atoms with E-state index in [1.54, 1.807) is 61.2 Å². The van der Waals surface area contributed by atoms with Crippen molar-refractivity contribution >= 4 is 23.2 Å². The van der Waals surface area contributed by atoms with Gasteiger partial charge in [0.15, 0.2) is 5.82 Å². The summed E-state index contributed by atoms with van der Waals surface area (Å²) in [4.78, 5) is 21.9. The van der Waals surface area contributed by atoms with Crippen LogP contribution < -0.4 is 0 Å². The number of hydrogen-bond donors (Lipinski definition) is 0. The summed E-state index contributed by atoms with van der Waals surface area (Å²) in [5, 5.41) is 8.97. The molecule has 10 nitrogen and oxygen atoms in total. The fourth-order valence-corrected chi connectivity index (χ4v) is 4.18. The zero-order chi connectivity index (χ0) is 27.9. The van der Waals surface area contributed by atoms with Crippen LogP contribution in [0.3, 0.4) is 0 Å². The SMILES string of the molecule is Cc1c(C(C)n2cc(-c3cnc(C(F)(F)F)nc3)c3c(/N=C/N(C)C)ncnc32)nnn1-c1ccccc1F. The molecule has 0 bridgehead atoms. The van der Waals surface area contributed by atoms with Gasteiger partial charge in [-0.25, -0.2) is 34.0 Å². The van der Waals surface area contributed by atoms with E-state index >= 15 is 0 Å². The number of aromatic nitrogens is 8. The average molecular weight is 539 g/mol. The van der Waals surface area contributed by atoms with E-state index < -0.39 is 23.9 Å². The highest BCUT2D eigenvalue weighted by Crippen LogP contribution is 2.38. The molecule has 0 radical (unpaired) electrons. The maximum atomic E-state index is 14.5. The van der Waals surface area contributed by atoms with Crippen LogP contribution in [-0.2, 0) is 6.18 Å². The van der Waals surface area contributed by atoms with Crippen molar-refractivity contribution in [2.45, 2.75) is 26.1 Å². The van der Waals surface area contributed by atoms with Gasteiger partial charge in [-0.2, -0.15) is 13.2 Å². The molecule has 1 unspecified atom stereocenters. The molecular formula is C25H22F4N10. The van der Waals surface area contributed by atoms with Gasteiger partial charge in [0.05, 0.1) is 23.5 Å². The number of hydrogen-bond acceptors (Lipinski definition) is 7. The molecule has 1 aromatic carbocycles. The van der Waals surface area contributed by atoms with E-state index in [9.17, 15) is 17.6 Å². The fourth-order valence-electron chi connectivity index (χ4n) is 4.18. The van der Waals surface area contributed by atoms with Gasteiger partial charge in [0.2, 0.25) is 5.82 Å². The van der Waals surface area contributed by atoms with Crippen molar-refractivity contribution in [2.24, 2.45) is 4.99 Å². The van der Waals surface area contributed by atoms with E-state index in [0.717, 1.165) is 12.4 Å². The smallest absolute Gasteiger partial charge is 0.369 e. The zero-order valence-electron chi connectivity index (χ0n) is 21.3. The molecule has 14 heteroatoms. The molecule has 0 fully saturated rings. The summed E-state index contributed by atoms with van der Waals surface area (Å²) >= 11 is 0. The lowest BCUT2D eigenvalue weighted by molar-refractivity contribution is -0.144. The quantitative estimate of drug-likeness (QED) is 0.174. The molecule has 1 atom stereocenters. The van der Waals surface area contributed by atoms with Crippen molar-refractivity contribution < 1.29 is 17.6 Å². The summed E-state index contributed by atoms with van der Waals surface area (Å²) in [6.45, 7) is 3.64. The summed E-state index contributed by atoms with van der Waals surface area (Å²) in [6, 6.07) is 5.76. The molecule has 200 valence electrons. The zero-order valence-corrected chi connectivity index (χ0v) is 21.3. The van der Waals surface area contributed by atoms with Crippen LogP contribution in [0.4, 0.5) is 23.4 Å². The normalized spacial score (nSPS) is 12.9. The van der Waals surface area contributed by atoms with E-state index in [2.05, 4.69) is 35.2 Å². The summed E-state index contributed by atoms with van der Waals surface area (Å²) < 4.78 is 56.9. The maximum absolute atomic E-state index is 14.5. The van der Waals surface area contributed by atoms with E-state index in [4.69, 9.17) is 0 Å². The fraction of sp³-hybridized carbons (Fsp3) is 0.240. The van der Waals surface area contributed by atoms with E-state index in [-0.39, 0.29) is 5.69 Å². The lowest BCUT2D eigenvalue weighted by Crippen LogP contribution is -2.10. The molecule has 0 saturated heterocycles. The Kier molecular flexibility index (Phi) is 6.54. The number of nitrogens with zero attached hydrogens (tertiary/aromatic N) is 10. The van der Waals surface area contributed by atoms with Gasteiger partial charge in [0.25, 0.3) is 0 Å². The summed E-state index contributed by atoms with van der Waals surface area (Å²) in [5.41, 5.74) is 2.66. The predicted octanol–water partition coefficient (Wildman–Crippen LogP) is 4.77. The number of aliphatic imine (C=N–C) groups is 1. The van der Waals surface area contributed by atoms with Gasteiger partial charge in [0.1, 0.15) is 29.2 Å². The minimum absolute atomic E-state index is 0.253. The number of alkyl halides is 3. The summed E-state index contributed by atoms with van der Waals surface area (Å²) in [5.74, 6) is -1.39. The van der Waals surface area contributed by atoms with Crippen molar-refractivity contribution in [3.05, 3.63) is 72.2 Å². The van der Waals surface area contributed by atoms with E-state index in [1.165, 1.54) is 17.1 Å². The van der Waals surface area contributed by atoms with Gasteiger partial charge < -0.3 is 9.47 Å². The first-order chi connectivity index (χ1) is 18.6. The summed E-state index contributed by atoms with van der Waals surface area (Å²) in [7, 11) is 3.59. The Bertz CT molecular complexity index is 1670. The first-order valence-electron chi connectivity index (χ1n) is 11.7. The number of rotatable bonds is 6. The number of benzene rings is 1. The van der Waals surface area contributed by atoms with Crippen molar-refractivity contribution in [1.82, 2.24) is 44.4 Å². The van der Waals surface area contributed by atoms with Gasteiger partial charge in [-0.1, -0.05) is 17.3 Å². The van der Waals surface area contributed by atoms with Crippen LogP contribution in [0, 0.1) is 12.7 Å². The van der Waals surface area contributed by atoms with Gasteiger partial charge >= 0.3 is 6.18 Å². The third-order valence-electron chi connectivity index (χ3n) is 6.04. The molecule has 0 aliphatic carbocycles. The van der Waals surface area contributed by atoms with Crippen LogP contribution in [0.2, 0.25) is 0 Å². The Morgan fingerprint density at radius 3 is 2.44 bits per heavy atom. The van der Waals surface area contributed by atoms with Gasteiger partial charge in [0, 0.05) is 43.8 Å². The molecule has 39 heavy (non-hydrogen) atoms. The second kappa shape index (κ2) is 9.85. The molecule has 0 spiro atoms. The Labute approximate surface area is 219 Å². The highest BCUT2D eigenvalue weighted by atomic mass is 19.4. The lowest BCUT2D eigenvalue weighted by Gasteiger charge is -2.13. The monoisotopic (exact) mass is 538 g/mol. The Morgan fingerprint density at radius 2 is 1.77 bits per heavy atom. The third kappa shape index (κ3) is 4.80. The largest absolute Gasteiger partial charge is 0.451 e. The molecule has 0 saturated carbocycles. The van der Waals surface area contributed by atoms with Gasteiger partial charge in [-0.3, -0.25) is 0 Å². The topological polar surface area (TPSA) is 103 Å². The molecule has 0 amide bonds. The second-order valence-corrected chi connectivity index (χ2v) is 8.95. The Morgan fingerprint density at radius 1 is 1.05 bits per heavy atom. The molecule has 0 aliphatic heterocycles. The van der Waals surface area contributed by atoms with Gasteiger partial charge in [-0.05, 0) is 26.0 Å². The number of fused-ring (bicyclic) bond motifs is 1. The van der Waals surface area contributed by atoms with Crippen molar-refractivity contribution in [3.8, 4) is 16.8 Å². The first kappa shape index (κ1) is 25.9. The molecule has 4 heterocycles. The standard InChI is InChI=1S/C25H22F4N10/c1-14(21-15(2)39(36-35-21)19-8-6-5-7-18(19)26)38-11-17(16-9-30-24(31-10-16)25(27,28)29)20-22(34-13-37(3)4)32-12-33-23(20)38/h5-14H,1-4H3/b34-13+. The van der Waals surface area contributed by atoms with Crippen molar-refractivity contribution in [3.63, 3.8) is 0 Å². The van der Waals surface area contributed by atoms with Crippen LogP contribution in [0.1, 0.15) is 30.2 Å². The molecule has 4 aromatic heterocycles. The van der Waals surface area contributed by atoms with Crippen LogP contribution >= 0.6 is 0 Å². The Hall–Kier alpha value is -4.75. The van der Waals surface area contributed by atoms with E-state index in [1.807, 2.05) is 6.92 Å². The molecular weight excluding hydrogens is 516 g/mol. The molecule has 0 aliphatic rings. The molecule has 0 N–H and O–H groups in total. The molecule has 5 aromatic rings. The number of para-hydroxylation sites is 1. The van der Waals surface area contributed by atoms with Crippen LogP contribution in [0.15, 0.2) is 54.2 Å². The van der Waals surface area contributed by atoms with Crippen LogP contribution in [0.25, 0.3) is 27.8 Å². The molecule has 5 rings (SSSR count). The van der Waals surface area contributed by atoms with Crippen LogP contribution in [0.5, 0.6) is 0 Å². The highest BCUT2D eigenvalue weighted by molar-refractivity contribution is 6.01. The first-order valence-corrected chi connectivity index (χ1v) is 11.7. The predicted molar refractivity (Wildman–Crippen MR) is 135 cm³/mol. The lowest BCUT2D eigenvalue weighted by atomic mass is 10.1. The minimum Gasteiger partial charge on any atom is -0.369 e. The maximum Gasteiger partial charge on any atom is 0.451 e. The van der Waals surface area contributed by atoms with Crippen LogP contribution in [-0.4, -0.2) is 64.8 Å². The highest BCUT2D eigenvalue weighted by Gasteiger charge is 2.34. The second-order valence-electron chi connectivity index (χ2n) is 8.95. The average Bonchev–Trinajstić information content (AvgIpc) is 3.48. The Balaban J connectivity index is 1.67. The van der Waals surface area contributed by atoms with Crippen molar-refractivity contribution in [2.75, 3.05) is 14.1 Å². The van der Waals surface area contributed by atoms with Gasteiger partial charge in [-0.15, -0.1) is 5.10 Å². The van der Waals surface area contributed by atoms with E-state index in [0.29, 0.717) is 39.4 Å². The minimum atomic E-state index is -4.67. The number of halogens is 4. The van der Waals surface area contributed by atoms with Crippen molar-refractivity contribution in [1.29, 1.82) is 0 Å².